The number of aromatic nitrogens is 1. The van der Waals surface area contributed by atoms with E-state index in [1.54, 1.807) is 6.20 Å². The maximum atomic E-state index is 13.2. The van der Waals surface area contributed by atoms with Crippen LogP contribution in [-0.2, 0) is 9.47 Å². The van der Waals surface area contributed by atoms with E-state index in [4.69, 9.17) is 9.47 Å². The van der Waals surface area contributed by atoms with E-state index in [1.807, 2.05) is 43.0 Å². The van der Waals surface area contributed by atoms with Gasteiger partial charge in [-0.2, -0.15) is 0 Å². The second-order valence-electron chi connectivity index (χ2n) is 10.7. The fourth-order valence-corrected chi connectivity index (χ4v) is 6.05. The first-order valence-electron chi connectivity index (χ1n) is 13.5. The molecule has 3 aliphatic rings. The first-order chi connectivity index (χ1) is 18.0. The van der Waals surface area contributed by atoms with Gasteiger partial charge < -0.3 is 24.6 Å². The predicted molar refractivity (Wildman–Crippen MR) is 140 cm³/mol. The van der Waals surface area contributed by atoms with Crippen molar-refractivity contribution in [1.82, 2.24) is 20.1 Å². The summed E-state index contributed by atoms with van der Waals surface area (Å²) in [5.74, 6) is 1.09. The Hall–Kier alpha value is -2.97. The topological polar surface area (TPSA) is 84.0 Å². The Balaban J connectivity index is 1.15. The maximum absolute atomic E-state index is 13.2. The summed E-state index contributed by atoms with van der Waals surface area (Å²) in [5, 5.41) is 3.12. The van der Waals surface area contributed by atoms with Crippen LogP contribution in [0.2, 0.25) is 0 Å². The van der Waals surface area contributed by atoms with Gasteiger partial charge in [0.25, 0.3) is 5.91 Å². The number of hydrogen-bond acceptors (Lipinski definition) is 6. The standard InChI is InChI=1S/C29H38N4O4/c1-20-8-12-30-21(2)27(20)28(34)33-18-23-16-32(17-24(23)19-33)13-9-26(22-6-4-3-5-7-22)31-29(35)37-25-10-14-36-15-11-25/h3-8,12,23-26H,9-11,13-19H2,1-2H3,(H,31,35)/t23-,24?,26?/m0/s1. The summed E-state index contributed by atoms with van der Waals surface area (Å²) in [6, 6.07) is 11.9. The molecule has 0 spiro atoms. The van der Waals surface area contributed by atoms with Crippen LogP contribution in [0, 0.1) is 25.7 Å². The van der Waals surface area contributed by atoms with E-state index in [9.17, 15) is 9.59 Å². The molecule has 5 rings (SSSR count). The number of rotatable bonds is 7. The molecule has 0 radical (unpaired) electrons. The van der Waals surface area contributed by atoms with Crippen molar-refractivity contribution in [3.8, 4) is 0 Å². The molecular formula is C29H38N4O4. The number of benzene rings is 1. The van der Waals surface area contributed by atoms with E-state index >= 15 is 0 Å². The third-order valence-corrected chi connectivity index (χ3v) is 8.08. The van der Waals surface area contributed by atoms with Crippen LogP contribution in [0.25, 0.3) is 0 Å². The van der Waals surface area contributed by atoms with Crippen LogP contribution in [-0.4, -0.2) is 78.8 Å². The zero-order valence-corrected chi connectivity index (χ0v) is 21.9. The average Bonchev–Trinajstić information content (AvgIpc) is 3.47. The van der Waals surface area contributed by atoms with Gasteiger partial charge in [-0.15, -0.1) is 0 Å². The van der Waals surface area contributed by atoms with Gasteiger partial charge in [-0.25, -0.2) is 4.79 Å². The molecule has 1 aromatic heterocycles. The molecule has 1 aromatic carbocycles. The van der Waals surface area contributed by atoms with Crippen molar-refractivity contribution in [2.24, 2.45) is 11.8 Å². The SMILES string of the molecule is Cc1ccnc(C)c1C(=O)N1CC2CN(CCC(NC(=O)OC3CCOCC3)c3ccccc3)C[C@H]2C1. The molecule has 3 saturated heterocycles. The molecular weight excluding hydrogens is 468 g/mol. The van der Waals surface area contributed by atoms with Crippen molar-refractivity contribution in [3.05, 3.63) is 65.0 Å². The summed E-state index contributed by atoms with van der Waals surface area (Å²) in [4.78, 5) is 34.8. The zero-order valence-electron chi connectivity index (χ0n) is 21.9. The molecule has 3 fully saturated rings. The van der Waals surface area contributed by atoms with E-state index in [2.05, 4.69) is 27.3 Å². The highest BCUT2D eigenvalue weighted by Crippen LogP contribution is 2.33. The van der Waals surface area contributed by atoms with Gasteiger partial charge in [0.1, 0.15) is 6.10 Å². The normalized spacial score (nSPS) is 23.0. The quantitative estimate of drug-likeness (QED) is 0.616. The molecule has 0 aliphatic carbocycles. The smallest absolute Gasteiger partial charge is 0.407 e. The molecule has 198 valence electrons. The van der Waals surface area contributed by atoms with Crippen molar-refractivity contribution in [2.45, 2.75) is 45.3 Å². The molecule has 37 heavy (non-hydrogen) atoms. The molecule has 8 nitrogen and oxygen atoms in total. The Labute approximate surface area is 219 Å². The van der Waals surface area contributed by atoms with Crippen LogP contribution in [0.5, 0.6) is 0 Å². The van der Waals surface area contributed by atoms with Gasteiger partial charge in [-0.1, -0.05) is 30.3 Å². The second-order valence-corrected chi connectivity index (χ2v) is 10.7. The van der Waals surface area contributed by atoms with E-state index in [0.29, 0.717) is 25.0 Å². The number of nitrogens with zero attached hydrogens (tertiary/aromatic N) is 3. The molecule has 1 N–H and O–H groups in total. The van der Waals surface area contributed by atoms with E-state index < -0.39 is 0 Å². The highest BCUT2D eigenvalue weighted by Gasteiger charge is 2.42. The van der Waals surface area contributed by atoms with E-state index in [-0.39, 0.29) is 24.1 Å². The first-order valence-corrected chi connectivity index (χ1v) is 13.5. The molecule has 8 heteroatoms. The van der Waals surface area contributed by atoms with Crippen molar-refractivity contribution in [3.63, 3.8) is 0 Å². The number of nitrogens with one attached hydrogen (secondary N) is 1. The largest absolute Gasteiger partial charge is 0.446 e. The number of fused-ring (bicyclic) bond motifs is 1. The predicted octanol–water partition coefficient (Wildman–Crippen LogP) is 3.74. The van der Waals surface area contributed by atoms with Gasteiger partial charge in [0.2, 0.25) is 0 Å². The molecule has 0 bridgehead atoms. The van der Waals surface area contributed by atoms with E-state index in [1.165, 1.54) is 0 Å². The van der Waals surface area contributed by atoms with Crippen LogP contribution in [0.3, 0.4) is 0 Å². The summed E-state index contributed by atoms with van der Waals surface area (Å²) < 4.78 is 11.0. The Morgan fingerprint density at radius 1 is 1.05 bits per heavy atom. The van der Waals surface area contributed by atoms with Gasteiger partial charge >= 0.3 is 6.09 Å². The number of amides is 2. The molecule has 3 atom stereocenters. The van der Waals surface area contributed by atoms with Gasteiger partial charge in [-0.3, -0.25) is 9.78 Å². The van der Waals surface area contributed by atoms with Gasteiger partial charge in [-0.05, 0) is 49.3 Å². The molecule has 4 heterocycles. The monoisotopic (exact) mass is 506 g/mol. The number of ether oxygens (including phenoxy) is 2. The number of carbonyl (C=O) groups excluding carboxylic acids is 2. The summed E-state index contributed by atoms with van der Waals surface area (Å²) in [6.07, 6.45) is 3.64. The summed E-state index contributed by atoms with van der Waals surface area (Å²) in [7, 11) is 0. The number of alkyl carbamates (subject to hydrolysis) is 1. The molecule has 0 saturated carbocycles. The Kier molecular flexibility index (Phi) is 8.05. The zero-order chi connectivity index (χ0) is 25.8. The first kappa shape index (κ1) is 25.7. The van der Waals surface area contributed by atoms with Gasteiger partial charge in [0.15, 0.2) is 0 Å². The van der Waals surface area contributed by atoms with Gasteiger partial charge in [0.05, 0.1) is 30.5 Å². The number of hydrogen-bond donors (Lipinski definition) is 1. The lowest BCUT2D eigenvalue weighted by Crippen LogP contribution is -2.37. The number of likely N-dealkylation sites (tertiary alicyclic amines) is 2. The lowest BCUT2D eigenvalue weighted by Gasteiger charge is -2.26. The number of aryl methyl sites for hydroxylation is 2. The van der Waals surface area contributed by atoms with Crippen molar-refractivity contribution >= 4 is 12.0 Å². The van der Waals surface area contributed by atoms with E-state index in [0.717, 1.165) is 74.4 Å². The minimum absolute atomic E-state index is 0.0759. The average molecular weight is 507 g/mol. The summed E-state index contributed by atoms with van der Waals surface area (Å²) in [5.41, 5.74) is 3.64. The maximum Gasteiger partial charge on any atom is 0.407 e. The molecule has 2 unspecified atom stereocenters. The van der Waals surface area contributed by atoms with Crippen LogP contribution in [0.4, 0.5) is 4.79 Å². The highest BCUT2D eigenvalue weighted by atomic mass is 16.6. The van der Waals surface area contributed by atoms with Crippen molar-refractivity contribution in [2.75, 3.05) is 45.9 Å². The fraction of sp³-hybridized carbons (Fsp3) is 0.552. The Bertz CT molecular complexity index is 1050. The Morgan fingerprint density at radius 3 is 2.43 bits per heavy atom. The fourth-order valence-electron chi connectivity index (χ4n) is 6.05. The molecule has 2 aromatic rings. The lowest BCUT2D eigenvalue weighted by atomic mass is 10.0. The summed E-state index contributed by atoms with van der Waals surface area (Å²) in [6.45, 7) is 9.62. The third kappa shape index (κ3) is 6.13. The van der Waals surface area contributed by atoms with Crippen LogP contribution < -0.4 is 5.32 Å². The van der Waals surface area contributed by atoms with Crippen LogP contribution in [0.1, 0.15) is 52.5 Å². The minimum atomic E-state index is -0.353. The second kappa shape index (κ2) is 11.6. The molecule has 2 amide bonds. The van der Waals surface area contributed by atoms with Crippen molar-refractivity contribution in [1.29, 1.82) is 0 Å². The van der Waals surface area contributed by atoms with Gasteiger partial charge in [0, 0.05) is 51.8 Å². The van der Waals surface area contributed by atoms with Crippen LogP contribution >= 0.6 is 0 Å². The highest BCUT2D eigenvalue weighted by molar-refractivity contribution is 5.96. The summed E-state index contributed by atoms with van der Waals surface area (Å²) >= 11 is 0. The van der Waals surface area contributed by atoms with Crippen molar-refractivity contribution < 1.29 is 19.1 Å². The number of carbonyl (C=O) groups is 2. The molecule has 3 aliphatic heterocycles. The Morgan fingerprint density at radius 2 is 1.76 bits per heavy atom. The lowest BCUT2D eigenvalue weighted by molar-refractivity contribution is 0.000615. The number of pyridine rings is 1. The third-order valence-electron chi connectivity index (χ3n) is 8.08. The van der Waals surface area contributed by atoms with Crippen LogP contribution in [0.15, 0.2) is 42.6 Å². The minimum Gasteiger partial charge on any atom is -0.446 e.